The second-order valence-electron chi connectivity index (χ2n) is 6.12. The Morgan fingerprint density at radius 1 is 1.46 bits per heavy atom. The summed E-state index contributed by atoms with van der Waals surface area (Å²) < 4.78 is 37.7. The number of halogens is 3. The van der Waals surface area contributed by atoms with Crippen molar-refractivity contribution < 1.29 is 18.0 Å². The summed E-state index contributed by atoms with van der Waals surface area (Å²) in [5.74, 6) is -0.194. The highest BCUT2D eigenvalue weighted by Crippen LogP contribution is 2.27. The molecule has 1 atom stereocenters. The van der Waals surface area contributed by atoms with Crippen LogP contribution in [0.1, 0.15) is 39.0 Å². The molecule has 2 N–H and O–H groups in total. The smallest absolute Gasteiger partial charge is 0.357 e. The van der Waals surface area contributed by atoms with Crippen molar-refractivity contribution in [1.29, 1.82) is 5.26 Å². The lowest BCUT2D eigenvalue weighted by Crippen LogP contribution is -2.52. The third-order valence-corrected chi connectivity index (χ3v) is 4.02. The highest BCUT2D eigenvalue weighted by atomic mass is 19.4. The molecule has 1 heterocycles. The van der Waals surface area contributed by atoms with E-state index in [2.05, 4.69) is 21.8 Å². The minimum Gasteiger partial charge on any atom is -0.357 e. The summed E-state index contributed by atoms with van der Waals surface area (Å²) in [5, 5.41) is 18.6. The van der Waals surface area contributed by atoms with Gasteiger partial charge in [0.05, 0.1) is 6.07 Å². The monoisotopic (exact) mass is 343 g/mol. The molecule has 1 aliphatic carbocycles. The molecule has 0 saturated heterocycles. The zero-order valence-electron chi connectivity index (χ0n) is 13.4. The Kier molecular flexibility index (Phi) is 5.36. The summed E-state index contributed by atoms with van der Waals surface area (Å²) in [7, 11) is 0. The first kappa shape index (κ1) is 18.1. The summed E-state index contributed by atoms with van der Waals surface area (Å²) in [5.41, 5.74) is -0.846. The minimum atomic E-state index is -4.35. The molecule has 9 heteroatoms. The number of carbonyl (C=O) groups excluding carboxylic acids is 1. The van der Waals surface area contributed by atoms with Crippen LogP contribution in [0.15, 0.2) is 12.3 Å². The Hall–Kier alpha value is -2.24. The zero-order valence-corrected chi connectivity index (χ0v) is 13.4. The summed E-state index contributed by atoms with van der Waals surface area (Å²) >= 11 is 0. The van der Waals surface area contributed by atoms with Crippen molar-refractivity contribution in [2.45, 2.75) is 63.3 Å². The SMILES string of the molecule is C[C@H](Nc1ccn(CC(F)(F)F)n1)C(=O)NC1(C#N)CCCCC1. The van der Waals surface area contributed by atoms with Crippen LogP contribution in [0.2, 0.25) is 0 Å². The van der Waals surface area contributed by atoms with Crippen LogP contribution in [0, 0.1) is 11.3 Å². The van der Waals surface area contributed by atoms with Crippen molar-refractivity contribution in [2.24, 2.45) is 0 Å². The summed E-state index contributed by atoms with van der Waals surface area (Å²) in [6.45, 7) is 0.388. The van der Waals surface area contributed by atoms with E-state index in [1.807, 2.05) is 0 Å². The number of hydrogen-bond donors (Lipinski definition) is 2. The van der Waals surface area contributed by atoms with Crippen LogP contribution >= 0.6 is 0 Å². The molecule has 0 aliphatic heterocycles. The predicted octanol–water partition coefficient (Wildman–Crippen LogP) is 2.59. The van der Waals surface area contributed by atoms with E-state index in [-0.39, 0.29) is 11.7 Å². The van der Waals surface area contributed by atoms with E-state index in [0.717, 1.165) is 23.9 Å². The Morgan fingerprint density at radius 3 is 2.71 bits per heavy atom. The molecule has 132 valence electrons. The van der Waals surface area contributed by atoms with Crippen molar-refractivity contribution >= 4 is 11.7 Å². The molecule has 1 saturated carbocycles. The Balaban J connectivity index is 1.93. The maximum atomic E-state index is 12.3. The van der Waals surface area contributed by atoms with E-state index in [4.69, 9.17) is 0 Å². The van der Waals surface area contributed by atoms with E-state index in [1.165, 1.54) is 12.3 Å². The normalized spacial score (nSPS) is 18.5. The van der Waals surface area contributed by atoms with Gasteiger partial charge in [0, 0.05) is 12.3 Å². The molecular formula is C15H20F3N5O. The second-order valence-corrected chi connectivity index (χ2v) is 6.12. The fraction of sp³-hybridized carbons (Fsp3) is 0.667. The number of anilines is 1. The third kappa shape index (κ3) is 4.88. The minimum absolute atomic E-state index is 0.177. The summed E-state index contributed by atoms with van der Waals surface area (Å²) in [4.78, 5) is 12.3. The Bertz CT molecular complexity index is 613. The number of hydrogen-bond acceptors (Lipinski definition) is 4. The van der Waals surface area contributed by atoms with Crippen LogP contribution in [-0.2, 0) is 11.3 Å². The van der Waals surface area contributed by atoms with Crippen LogP contribution in [0.3, 0.4) is 0 Å². The predicted molar refractivity (Wildman–Crippen MR) is 80.9 cm³/mol. The molecule has 24 heavy (non-hydrogen) atoms. The Morgan fingerprint density at radius 2 is 2.12 bits per heavy atom. The standard InChI is InChI=1S/C15H20F3N5O/c1-11(13(24)21-14(9-19)6-3-2-4-7-14)20-12-5-8-23(22-12)10-15(16,17)18/h5,8,11H,2-4,6-7,10H2,1H3,(H,20,22)(H,21,24)/t11-/m0/s1. The molecule has 6 nitrogen and oxygen atoms in total. The first-order valence-electron chi connectivity index (χ1n) is 7.83. The van der Waals surface area contributed by atoms with Gasteiger partial charge >= 0.3 is 6.18 Å². The van der Waals surface area contributed by atoms with Crippen LogP contribution in [-0.4, -0.2) is 33.4 Å². The number of amides is 1. The molecule has 1 aromatic heterocycles. The lowest BCUT2D eigenvalue weighted by Gasteiger charge is -2.32. The van der Waals surface area contributed by atoms with Gasteiger partial charge in [-0.2, -0.15) is 23.5 Å². The van der Waals surface area contributed by atoms with Crippen molar-refractivity contribution in [3.63, 3.8) is 0 Å². The molecule has 1 fully saturated rings. The van der Waals surface area contributed by atoms with Crippen molar-refractivity contribution in [1.82, 2.24) is 15.1 Å². The summed E-state index contributed by atoms with van der Waals surface area (Å²) in [6.07, 6.45) is 0.883. The van der Waals surface area contributed by atoms with Crippen molar-refractivity contribution in [3.05, 3.63) is 12.3 Å². The van der Waals surface area contributed by atoms with Crippen LogP contribution < -0.4 is 10.6 Å². The molecule has 0 radical (unpaired) electrons. The van der Waals surface area contributed by atoms with Gasteiger partial charge in [-0.25, -0.2) is 0 Å². The largest absolute Gasteiger partial charge is 0.408 e. The van der Waals surface area contributed by atoms with Gasteiger partial charge in [0.15, 0.2) is 0 Å². The van der Waals surface area contributed by atoms with Gasteiger partial charge in [-0.15, -0.1) is 0 Å². The first-order valence-corrected chi connectivity index (χ1v) is 7.83. The van der Waals surface area contributed by atoms with Gasteiger partial charge in [-0.05, 0) is 19.8 Å². The van der Waals surface area contributed by atoms with Gasteiger partial charge in [-0.1, -0.05) is 19.3 Å². The number of aromatic nitrogens is 2. The first-order chi connectivity index (χ1) is 11.2. The van der Waals surface area contributed by atoms with Gasteiger partial charge < -0.3 is 10.6 Å². The summed E-state index contributed by atoms with van der Waals surface area (Å²) in [6, 6.07) is 2.85. The van der Waals surface area contributed by atoms with Gasteiger partial charge in [0.2, 0.25) is 5.91 Å². The van der Waals surface area contributed by atoms with E-state index in [0.29, 0.717) is 12.8 Å². The van der Waals surface area contributed by atoms with Crippen molar-refractivity contribution in [3.8, 4) is 6.07 Å². The topological polar surface area (TPSA) is 82.7 Å². The van der Waals surface area contributed by atoms with Crippen LogP contribution in [0.4, 0.5) is 19.0 Å². The highest BCUT2D eigenvalue weighted by molar-refractivity contribution is 5.84. The van der Waals surface area contributed by atoms with Gasteiger partial charge in [0.1, 0.15) is 23.9 Å². The number of nitriles is 1. The molecule has 1 amide bonds. The molecule has 0 bridgehead atoms. The molecule has 0 aromatic carbocycles. The molecule has 1 aromatic rings. The van der Waals surface area contributed by atoms with E-state index in [1.54, 1.807) is 6.92 Å². The van der Waals surface area contributed by atoms with Crippen LogP contribution in [0.5, 0.6) is 0 Å². The molecular weight excluding hydrogens is 323 g/mol. The van der Waals surface area contributed by atoms with Gasteiger partial charge in [-0.3, -0.25) is 9.48 Å². The molecule has 1 aliphatic rings. The Labute approximate surface area is 138 Å². The van der Waals surface area contributed by atoms with E-state index < -0.39 is 24.3 Å². The maximum absolute atomic E-state index is 12.3. The number of carbonyl (C=O) groups is 1. The van der Waals surface area contributed by atoms with Crippen LogP contribution in [0.25, 0.3) is 0 Å². The second kappa shape index (κ2) is 7.11. The average molecular weight is 343 g/mol. The third-order valence-electron chi connectivity index (χ3n) is 4.02. The van der Waals surface area contributed by atoms with E-state index >= 15 is 0 Å². The van der Waals surface area contributed by atoms with Crippen molar-refractivity contribution in [2.75, 3.05) is 5.32 Å². The lowest BCUT2D eigenvalue weighted by atomic mass is 9.82. The number of nitrogens with zero attached hydrogens (tertiary/aromatic N) is 3. The quantitative estimate of drug-likeness (QED) is 0.861. The highest BCUT2D eigenvalue weighted by Gasteiger charge is 2.35. The fourth-order valence-electron chi connectivity index (χ4n) is 2.76. The fourth-order valence-corrected chi connectivity index (χ4v) is 2.76. The maximum Gasteiger partial charge on any atom is 0.408 e. The zero-order chi connectivity index (χ0) is 17.8. The number of alkyl halides is 3. The molecule has 0 spiro atoms. The number of rotatable bonds is 5. The average Bonchev–Trinajstić information content (AvgIpc) is 2.93. The molecule has 0 unspecified atom stereocenters. The lowest BCUT2D eigenvalue weighted by molar-refractivity contribution is -0.142. The number of nitrogens with one attached hydrogen (secondary N) is 2. The van der Waals surface area contributed by atoms with E-state index in [9.17, 15) is 23.2 Å². The molecule has 2 rings (SSSR count). The van der Waals surface area contributed by atoms with Gasteiger partial charge in [0.25, 0.3) is 0 Å².